The molecule has 2 aromatic carbocycles. The summed E-state index contributed by atoms with van der Waals surface area (Å²) in [7, 11) is -3.80. The van der Waals surface area contributed by atoms with Crippen LogP contribution >= 0.6 is 0 Å². The summed E-state index contributed by atoms with van der Waals surface area (Å²) < 4.78 is 58.5. The first kappa shape index (κ1) is 27.5. The first-order chi connectivity index (χ1) is 19.4. The van der Waals surface area contributed by atoms with Gasteiger partial charge in [0, 0.05) is 35.8 Å². The predicted octanol–water partition coefficient (Wildman–Crippen LogP) is 6.11. The van der Waals surface area contributed by atoms with Gasteiger partial charge in [-0.25, -0.2) is 21.9 Å². The Balaban J connectivity index is 1.38. The zero-order valence-electron chi connectivity index (χ0n) is 23.3. The van der Waals surface area contributed by atoms with E-state index in [4.69, 9.17) is 0 Å². The molecule has 1 saturated heterocycles. The number of halogens is 2. The molecule has 0 bridgehead atoms. The molecular weight excluding hydrogens is 542 g/mol. The first-order valence-corrected chi connectivity index (χ1v) is 15.1. The summed E-state index contributed by atoms with van der Waals surface area (Å²) >= 11 is 0. The molecular formula is C32H32F2N4O2S. The Morgan fingerprint density at radius 1 is 0.927 bits per heavy atom. The van der Waals surface area contributed by atoms with Crippen molar-refractivity contribution in [3.63, 3.8) is 0 Å². The van der Waals surface area contributed by atoms with Crippen LogP contribution in [-0.2, 0) is 28.3 Å². The van der Waals surface area contributed by atoms with Crippen LogP contribution in [0.4, 0.5) is 8.78 Å². The molecule has 2 aromatic heterocycles. The highest BCUT2D eigenvalue weighted by atomic mass is 32.2. The molecule has 1 aliphatic carbocycles. The zero-order chi connectivity index (χ0) is 29.0. The van der Waals surface area contributed by atoms with Crippen molar-refractivity contribution in [2.45, 2.75) is 50.3 Å². The number of hydrogen-bond donors (Lipinski definition) is 0. The minimum Gasteiger partial charge on any atom is -0.259 e. The molecule has 212 valence electrons. The van der Waals surface area contributed by atoms with E-state index < -0.39 is 15.4 Å². The quantitative estimate of drug-likeness (QED) is 0.289. The molecule has 1 fully saturated rings. The maximum Gasteiger partial charge on any atom is 0.244 e. The molecule has 6 nitrogen and oxygen atoms in total. The highest BCUT2D eigenvalue weighted by Gasteiger charge is 2.46. The minimum absolute atomic E-state index is 0.176. The molecule has 2 aliphatic rings. The fourth-order valence-corrected chi connectivity index (χ4v) is 7.45. The molecule has 6 rings (SSSR count). The van der Waals surface area contributed by atoms with Crippen molar-refractivity contribution in [1.29, 1.82) is 0 Å². The number of nitrogens with zero attached hydrogens (tertiary/aromatic N) is 4. The number of rotatable bonds is 5. The maximum atomic E-state index is 13.9. The van der Waals surface area contributed by atoms with E-state index in [-0.39, 0.29) is 28.5 Å². The van der Waals surface area contributed by atoms with E-state index in [1.807, 2.05) is 20.8 Å². The van der Waals surface area contributed by atoms with Crippen LogP contribution in [0.3, 0.4) is 0 Å². The van der Waals surface area contributed by atoms with Gasteiger partial charge in [-0.3, -0.25) is 4.98 Å². The monoisotopic (exact) mass is 574 g/mol. The lowest BCUT2D eigenvalue weighted by Crippen LogP contribution is -2.50. The fourth-order valence-electron chi connectivity index (χ4n) is 5.98. The average molecular weight is 575 g/mol. The van der Waals surface area contributed by atoms with Crippen molar-refractivity contribution in [3.05, 3.63) is 113 Å². The highest BCUT2D eigenvalue weighted by molar-refractivity contribution is 7.89. The number of benzene rings is 2. The second-order valence-corrected chi connectivity index (χ2v) is 14.0. The molecule has 0 spiro atoms. The summed E-state index contributed by atoms with van der Waals surface area (Å²) in [4.78, 5) is 4.64. The SMILES string of the molecule is CC(C)(C)c1ccc(S(=O)(=O)N2CCC3=Cc4c(cnn4-c4ccc(F)cc4)CC3(Cc3ccc(F)cc3)C2)cn1. The lowest BCUT2D eigenvalue weighted by atomic mass is 9.66. The number of piperidine rings is 1. The van der Waals surface area contributed by atoms with Crippen LogP contribution in [0.15, 0.2) is 83.5 Å². The van der Waals surface area contributed by atoms with Gasteiger partial charge in [0.2, 0.25) is 10.0 Å². The molecule has 0 radical (unpaired) electrons. The summed E-state index contributed by atoms with van der Waals surface area (Å²) in [5.41, 5.74) is 4.81. The molecule has 1 unspecified atom stereocenters. The summed E-state index contributed by atoms with van der Waals surface area (Å²) in [6.07, 6.45) is 7.04. The van der Waals surface area contributed by atoms with Crippen LogP contribution in [0.1, 0.15) is 49.7 Å². The van der Waals surface area contributed by atoms with Gasteiger partial charge in [-0.2, -0.15) is 9.40 Å². The summed E-state index contributed by atoms with van der Waals surface area (Å²) in [6, 6.07) is 16.0. The van der Waals surface area contributed by atoms with Crippen LogP contribution in [0.2, 0.25) is 0 Å². The van der Waals surface area contributed by atoms with Gasteiger partial charge in [-0.1, -0.05) is 38.5 Å². The summed E-state index contributed by atoms with van der Waals surface area (Å²) in [5.74, 6) is -0.629. The topological polar surface area (TPSA) is 68.1 Å². The predicted molar refractivity (Wildman–Crippen MR) is 154 cm³/mol. The molecule has 0 N–H and O–H groups in total. The van der Waals surface area contributed by atoms with Crippen molar-refractivity contribution in [2.75, 3.05) is 13.1 Å². The fraction of sp³-hybridized carbons (Fsp3) is 0.312. The number of aromatic nitrogens is 3. The Bertz CT molecular complexity index is 1720. The van der Waals surface area contributed by atoms with Gasteiger partial charge in [0.05, 0.1) is 17.6 Å². The van der Waals surface area contributed by atoms with Crippen molar-refractivity contribution < 1.29 is 17.2 Å². The summed E-state index contributed by atoms with van der Waals surface area (Å²) in [6.45, 7) is 6.73. The number of pyridine rings is 1. The average Bonchev–Trinajstić information content (AvgIpc) is 3.34. The third kappa shape index (κ3) is 5.13. The first-order valence-electron chi connectivity index (χ1n) is 13.7. The van der Waals surface area contributed by atoms with Gasteiger partial charge >= 0.3 is 0 Å². The molecule has 1 atom stereocenters. The Morgan fingerprint density at radius 2 is 1.61 bits per heavy atom. The van der Waals surface area contributed by atoms with Gasteiger partial charge < -0.3 is 0 Å². The summed E-state index contributed by atoms with van der Waals surface area (Å²) in [5, 5.41) is 4.61. The second-order valence-electron chi connectivity index (χ2n) is 12.1. The molecule has 9 heteroatoms. The third-order valence-electron chi connectivity index (χ3n) is 8.19. The van der Waals surface area contributed by atoms with Crippen molar-refractivity contribution in [1.82, 2.24) is 19.1 Å². The van der Waals surface area contributed by atoms with E-state index in [1.54, 1.807) is 51.6 Å². The van der Waals surface area contributed by atoms with Gasteiger partial charge in [0.15, 0.2) is 0 Å². The van der Waals surface area contributed by atoms with Crippen molar-refractivity contribution in [2.24, 2.45) is 5.41 Å². The van der Waals surface area contributed by atoms with Gasteiger partial charge in [0.25, 0.3) is 0 Å². The Hall–Kier alpha value is -3.69. The molecule has 4 aromatic rings. The third-order valence-corrected chi connectivity index (χ3v) is 10.0. The van der Waals surface area contributed by atoms with Crippen molar-refractivity contribution >= 4 is 16.1 Å². The highest BCUT2D eigenvalue weighted by Crippen LogP contribution is 2.47. The normalized spacial score (nSPS) is 19.4. The van der Waals surface area contributed by atoms with Crippen molar-refractivity contribution in [3.8, 4) is 5.69 Å². The Kier molecular flexibility index (Phi) is 6.70. The molecule has 3 heterocycles. The Labute approximate surface area is 239 Å². The largest absolute Gasteiger partial charge is 0.259 e. The molecule has 41 heavy (non-hydrogen) atoms. The molecule has 0 amide bonds. The standard InChI is InChI=1S/C32H32F2N4O2S/c1-31(2,3)30-13-12-28(20-35-30)41(39,40)37-15-14-24-16-29-23(19-36-38(29)27-10-8-26(34)9-11-27)18-32(24,21-37)17-22-4-6-25(33)7-5-22/h4-13,16,19-20H,14-15,17-18,21H2,1-3H3. The lowest BCUT2D eigenvalue weighted by Gasteiger charge is -2.46. The van der Waals surface area contributed by atoms with E-state index in [9.17, 15) is 17.2 Å². The van der Waals surface area contributed by atoms with Crippen LogP contribution in [-0.4, -0.2) is 40.6 Å². The Morgan fingerprint density at radius 3 is 2.24 bits per heavy atom. The van der Waals surface area contributed by atoms with Gasteiger partial charge in [-0.05, 0) is 85.0 Å². The van der Waals surface area contributed by atoms with Crippen LogP contribution in [0.5, 0.6) is 0 Å². The number of sulfonamides is 1. The van der Waals surface area contributed by atoms with E-state index in [0.29, 0.717) is 25.8 Å². The van der Waals surface area contributed by atoms with Crippen LogP contribution in [0.25, 0.3) is 11.8 Å². The number of hydrogen-bond acceptors (Lipinski definition) is 4. The zero-order valence-corrected chi connectivity index (χ0v) is 24.1. The lowest BCUT2D eigenvalue weighted by molar-refractivity contribution is 0.209. The van der Waals surface area contributed by atoms with Gasteiger partial charge in [0.1, 0.15) is 16.5 Å². The van der Waals surface area contributed by atoms with Gasteiger partial charge in [-0.15, -0.1) is 0 Å². The van der Waals surface area contributed by atoms with E-state index in [2.05, 4.69) is 16.2 Å². The van der Waals surface area contributed by atoms with E-state index >= 15 is 0 Å². The second kappa shape index (κ2) is 9.99. The van der Waals surface area contributed by atoms with E-state index in [1.165, 1.54) is 30.5 Å². The maximum absolute atomic E-state index is 13.9. The molecule has 0 saturated carbocycles. The minimum atomic E-state index is -3.80. The van der Waals surface area contributed by atoms with Crippen LogP contribution in [0, 0.1) is 17.0 Å². The van der Waals surface area contributed by atoms with Crippen LogP contribution < -0.4 is 0 Å². The molecule has 1 aliphatic heterocycles. The number of fused-ring (bicyclic) bond motifs is 2. The van der Waals surface area contributed by atoms with E-state index in [0.717, 1.165) is 33.8 Å². The smallest absolute Gasteiger partial charge is 0.244 e.